The quantitative estimate of drug-likeness (QED) is 0.649. The second-order valence-corrected chi connectivity index (χ2v) is 10.8. The Kier molecular flexibility index (Phi) is 7.80. The maximum Gasteiger partial charge on any atom is 0.410 e. The smallest absolute Gasteiger partial charge is 0.410 e. The van der Waals surface area contributed by atoms with Crippen LogP contribution in [0.4, 0.5) is 4.79 Å². The Morgan fingerprint density at radius 3 is 2.19 bits per heavy atom. The molecule has 0 unspecified atom stereocenters. The fourth-order valence-corrected chi connectivity index (χ4v) is 5.08. The monoisotopic (exact) mass is 454 g/mol. The Labute approximate surface area is 185 Å². The Bertz CT molecular complexity index is 857. The first-order valence-electron chi connectivity index (χ1n) is 11.1. The number of aromatic nitrogens is 1. The second-order valence-electron chi connectivity index (χ2n) is 8.84. The fraction of sp³-hybridized carbons (Fsp3) is 0.727. The lowest BCUT2D eigenvalue weighted by molar-refractivity contribution is -0.0656. The van der Waals surface area contributed by atoms with Crippen molar-refractivity contribution in [2.75, 3.05) is 19.3 Å². The molecule has 2 aliphatic rings. The van der Waals surface area contributed by atoms with Crippen molar-refractivity contribution in [1.82, 2.24) is 9.88 Å². The molecule has 1 aliphatic carbocycles. The van der Waals surface area contributed by atoms with E-state index in [1.54, 1.807) is 17.9 Å². The highest BCUT2D eigenvalue weighted by Crippen LogP contribution is 2.29. The number of carbonyl (C=O) groups is 1. The van der Waals surface area contributed by atoms with Crippen molar-refractivity contribution in [3.63, 3.8) is 0 Å². The molecule has 1 amide bonds. The normalized spacial score (nSPS) is 23.1. The van der Waals surface area contributed by atoms with Gasteiger partial charge >= 0.3 is 6.09 Å². The molecule has 1 aromatic heterocycles. The van der Waals surface area contributed by atoms with Gasteiger partial charge in [0.05, 0.1) is 30.6 Å². The van der Waals surface area contributed by atoms with Crippen LogP contribution in [0.1, 0.15) is 57.9 Å². The molecule has 1 saturated carbocycles. The molecule has 0 aromatic carbocycles. The Hall–Kier alpha value is -1.87. The van der Waals surface area contributed by atoms with Crippen LogP contribution in [0.2, 0.25) is 0 Å². The molecule has 0 N–H and O–H groups in total. The number of rotatable bonds is 6. The Morgan fingerprint density at radius 2 is 1.65 bits per heavy atom. The van der Waals surface area contributed by atoms with E-state index < -0.39 is 9.84 Å². The van der Waals surface area contributed by atoms with Crippen LogP contribution in [0.3, 0.4) is 0 Å². The number of amides is 1. The summed E-state index contributed by atoms with van der Waals surface area (Å²) in [6, 6.07) is 1.74. The number of hydrogen-bond acceptors (Lipinski definition) is 7. The predicted octanol–water partition coefficient (Wildman–Crippen LogP) is 3.51. The number of nitrogens with zero attached hydrogens (tertiary/aromatic N) is 2. The topological polar surface area (TPSA) is 95.0 Å². The molecule has 174 valence electrons. The zero-order chi connectivity index (χ0) is 22.6. The summed E-state index contributed by atoms with van der Waals surface area (Å²) in [6.45, 7) is 6.79. The van der Waals surface area contributed by atoms with Gasteiger partial charge in [-0.2, -0.15) is 0 Å². The lowest BCUT2D eigenvalue weighted by atomic mass is 9.94. The molecule has 8 nitrogen and oxygen atoms in total. The third-order valence-electron chi connectivity index (χ3n) is 5.70. The van der Waals surface area contributed by atoms with Crippen LogP contribution in [-0.4, -0.2) is 68.2 Å². The molecule has 3 rings (SSSR count). The third kappa shape index (κ3) is 6.80. The molecule has 0 spiro atoms. The number of sulfone groups is 1. The van der Waals surface area contributed by atoms with Crippen LogP contribution >= 0.6 is 0 Å². The average molecular weight is 455 g/mol. The summed E-state index contributed by atoms with van der Waals surface area (Å²) in [6.07, 6.45) is 8.08. The first-order valence-corrected chi connectivity index (χ1v) is 13.0. The third-order valence-corrected chi connectivity index (χ3v) is 6.83. The van der Waals surface area contributed by atoms with Gasteiger partial charge in [-0.15, -0.1) is 0 Å². The molecule has 0 radical (unpaired) electrons. The highest BCUT2D eigenvalue weighted by atomic mass is 32.2. The van der Waals surface area contributed by atoms with E-state index in [1.807, 2.05) is 13.8 Å². The fourth-order valence-electron chi connectivity index (χ4n) is 4.19. The average Bonchev–Trinajstić information content (AvgIpc) is 2.68. The van der Waals surface area contributed by atoms with Crippen molar-refractivity contribution in [3.05, 3.63) is 17.8 Å². The lowest BCUT2D eigenvalue weighted by Gasteiger charge is -2.36. The molecule has 9 heteroatoms. The van der Waals surface area contributed by atoms with Gasteiger partial charge < -0.3 is 19.1 Å². The summed E-state index contributed by atoms with van der Waals surface area (Å²) in [5.41, 5.74) is 0.598. The molecule has 2 fully saturated rings. The van der Waals surface area contributed by atoms with E-state index in [0.717, 1.165) is 44.8 Å². The van der Waals surface area contributed by atoms with Crippen molar-refractivity contribution in [3.8, 4) is 5.75 Å². The van der Waals surface area contributed by atoms with Crippen LogP contribution in [0.5, 0.6) is 5.75 Å². The van der Waals surface area contributed by atoms with E-state index in [2.05, 4.69) is 4.98 Å². The molecule has 0 atom stereocenters. The molecule has 1 saturated heterocycles. The molecule has 31 heavy (non-hydrogen) atoms. The van der Waals surface area contributed by atoms with Crippen LogP contribution in [0.15, 0.2) is 17.3 Å². The second kappa shape index (κ2) is 10.2. The molecule has 0 bridgehead atoms. The maximum absolute atomic E-state index is 12.0. The van der Waals surface area contributed by atoms with Gasteiger partial charge in [0.1, 0.15) is 5.75 Å². The Balaban J connectivity index is 1.41. The first-order chi connectivity index (χ1) is 14.6. The van der Waals surface area contributed by atoms with Gasteiger partial charge in [0.15, 0.2) is 14.9 Å². The number of piperidine rings is 1. The molecular formula is C22H34N2O6S. The minimum atomic E-state index is -3.33. The minimum Gasteiger partial charge on any atom is -0.489 e. The summed E-state index contributed by atoms with van der Waals surface area (Å²) < 4.78 is 41.0. The summed E-state index contributed by atoms with van der Waals surface area (Å²) in [4.78, 5) is 17.8. The summed E-state index contributed by atoms with van der Waals surface area (Å²) in [5, 5.41) is 0.0977. The van der Waals surface area contributed by atoms with Gasteiger partial charge in [-0.3, -0.25) is 0 Å². The summed E-state index contributed by atoms with van der Waals surface area (Å²) >= 11 is 0. The van der Waals surface area contributed by atoms with Crippen molar-refractivity contribution >= 4 is 15.9 Å². The number of ether oxygens (including phenoxy) is 3. The number of carbonyl (C=O) groups excluding carboxylic acids is 1. The van der Waals surface area contributed by atoms with Crippen LogP contribution in [0, 0.1) is 6.92 Å². The molecule has 1 aliphatic heterocycles. The Morgan fingerprint density at radius 1 is 1.06 bits per heavy atom. The number of likely N-dealkylation sites (tertiary alicyclic amines) is 1. The maximum atomic E-state index is 12.0. The number of pyridine rings is 1. The predicted molar refractivity (Wildman–Crippen MR) is 116 cm³/mol. The van der Waals surface area contributed by atoms with Crippen molar-refractivity contribution < 1.29 is 27.4 Å². The van der Waals surface area contributed by atoms with E-state index in [0.29, 0.717) is 24.4 Å². The molecule has 1 aromatic rings. The van der Waals surface area contributed by atoms with Gasteiger partial charge in [-0.25, -0.2) is 18.2 Å². The van der Waals surface area contributed by atoms with Gasteiger partial charge in [0.2, 0.25) is 0 Å². The SMILES string of the molecule is Cc1cc(OC2CCC(OC3CCN(C(=O)OC(C)C)CC3)CC2)cnc1S(C)(=O)=O. The zero-order valence-corrected chi connectivity index (χ0v) is 19.7. The van der Waals surface area contributed by atoms with Gasteiger partial charge in [-0.05, 0) is 70.9 Å². The van der Waals surface area contributed by atoms with E-state index in [-0.39, 0.29) is 35.5 Å². The number of aryl methyl sites for hydroxylation is 1. The van der Waals surface area contributed by atoms with Gasteiger partial charge in [0, 0.05) is 19.3 Å². The highest BCUT2D eigenvalue weighted by molar-refractivity contribution is 7.90. The highest BCUT2D eigenvalue weighted by Gasteiger charge is 2.29. The van der Waals surface area contributed by atoms with Gasteiger partial charge in [0.25, 0.3) is 0 Å². The van der Waals surface area contributed by atoms with Crippen LogP contribution in [-0.2, 0) is 19.3 Å². The standard InChI is InChI=1S/C22H34N2O6S/c1-15(2)28-22(25)24-11-9-19(10-12-24)29-17-5-7-18(8-6-17)30-20-13-16(3)21(23-14-20)31(4,26)27/h13-15,17-19H,5-12H2,1-4H3. The lowest BCUT2D eigenvalue weighted by Crippen LogP contribution is -2.43. The van der Waals surface area contributed by atoms with Crippen LogP contribution < -0.4 is 4.74 Å². The van der Waals surface area contributed by atoms with Crippen molar-refractivity contribution in [1.29, 1.82) is 0 Å². The van der Waals surface area contributed by atoms with Gasteiger partial charge in [-0.1, -0.05) is 0 Å². The largest absolute Gasteiger partial charge is 0.489 e. The van der Waals surface area contributed by atoms with E-state index in [1.165, 1.54) is 6.20 Å². The van der Waals surface area contributed by atoms with Crippen LogP contribution in [0.25, 0.3) is 0 Å². The zero-order valence-electron chi connectivity index (χ0n) is 18.9. The van der Waals surface area contributed by atoms with E-state index in [4.69, 9.17) is 14.2 Å². The summed E-state index contributed by atoms with van der Waals surface area (Å²) in [7, 11) is -3.33. The molecular weight excluding hydrogens is 420 g/mol. The van der Waals surface area contributed by atoms with Crippen molar-refractivity contribution in [2.45, 2.75) is 88.7 Å². The van der Waals surface area contributed by atoms with E-state index >= 15 is 0 Å². The number of hydrogen-bond donors (Lipinski definition) is 0. The van der Waals surface area contributed by atoms with E-state index in [9.17, 15) is 13.2 Å². The first kappa shape index (κ1) is 23.8. The minimum absolute atomic E-state index is 0.0813. The summed E-state index contributed by atoms with van der Waals surface area (Å²) in [5.74, 6) is 0.606. The molecule has 2 heterocycles. The van der Waals surface area contributed by atoms with Crippen molar-refractivity contribution in [2.24, 2.45) is 0 Å².